The number of rotatable bonds is 3. The minimum Gasteiger partial charge on any atom is -0.474 e. The van der Waals surface area contributed by atoms with Crippen LogP contribution in [-0.2, 0) is 11.2 Å². The number of hydrogen-bond acceptors (Lipinski definition) is 3. The Morgan fingerprint density at radius 3 is 3.07 bits per heavy atom. The average Bonchev–Trinajstić information content (AvgIpc) is 2.65. The summed E-state index contributed by atoms with van der Waals surface area (Å²) in [7, 11) is 0. The fraction of sp³-hybridized carbons (Fsp3) is 0.364. The standard InChI is InChI=1S/C11H13ClN2O/c12-9-3-1-2-8(4-9)5-11-14-7-10(6-13)15-11/h1-4,10H,5-7,13H2. The van der Waals surface area contributed by atoms with Gasteiger partial charge in [-0.2, -0.15) is 0 Å². The molecule has 0 aromatic heterocycles. The zero-order valence-corrected chi connectivity index (χ0v) is 9.07. The highest BCUT2D eigenvalue weighted by molar-refractivity contribution is 6.30. The van der Waals surface area contributed by atoms with Crippen molar-refractivity contribution in [2.75, 3.05) is 13.1 Å². The van der Waals surface area contributed by atoms with Crippen molar-refractivity contribution in [2.24, 2.45) is 10.7 Å². The van der Waals surface area contributed by atoms with E-state index < -0.39 is 0 Å². The summed E-state index contributed by atoms with van der Waals surface area (Å²) in [5.74, 6) is 0.757. The predicted molar refractivity (Wildman–Crippen MR) is 61.4 cm³/mol. The smallest absolute Gasteiger partial charge is 0.188 e. The van der Waals surface area contributed by atoms with E-state index in [0.717, 1.165) is 16.5 Å². The first kappa shape index (κ1) is 10.5. The summed E-state index contributed by atoms with van der Waals surface area (Å²) >= 11 is 5.89. The monoisotopic (exact) mass is 224 g/mol. The Morgan fingerprint density at radius 2 is 2.40 bits per heavy atom. The minimum absolute atomic E-state index is 0.0548. The van der Waals surface area contributed by atoms with Gasteiger partial charge in [0.1, 0.15) is 6.10 Å². The molecule has 3 nitrogen and oxygen atoms in total. The van der Waals surface area contributed by atoms with Crippen molar-refractivity contribution >= 4 is 17.5 Å². The van der Waals surface area contributed by atoms with Gasteiger partial charge in [0.2, 0.25) is 0 Å². The number of aliphatic imine (C=N–C) groups is 1. The third kappa shape index (κ3) is 2.70. The Morgan fingerprint density at radius 1 is 1.53 bits per heavy atom. The van der Waals surface area contributed by atoms with Crippen molar-refractivity contribution in [2.45, 2.75) is 12.5 Å². The number of halogens is 1. The van der Waals surface area contributed by atoms with Gasteiger partial charge >= 0.3 is 0 Å². The van der Waals surface area contributed by atoms with E-state index >= 15 is 0 Å². The van der Waals surface area contributed by atoms with Gasteiger partial charge in [-0.15, -0.1) is 0 Å². The number of nitrogens with two attached hydrogens (primary N) is 1. The molecule has 0 saturated carbocycles. The zero-order chi connectivity index (χ0) is 10.7. The lowest BCUT2D eigenvalue weighted by atomic mass is 10.1. The largest absolute Gasteiger partial charge is 0.474 e. The van der Waals surface area contributed by atoms with Crippen LogP contribution in [0, 0.1) is 0 Å². The number of nitrogens with zero attached hydrogens (tertiary/aromatic N) is 1. The lowest BCUT2D eigenvalue weighted by molar-refractivity contribution is 0.228. The van der Waals surface area contributed by atoms with Gasteiger partial charge in [0, 0.05) is 18.0 Å². The molecule has 1 aliphatic heterocycles. The first-order valence-electron chi connectivity index (χ1n) is 4.92. The van der Waals surface area contributed by atoms with Crippen LogP contribution in [0.1, 0.15) is 5.56 Å². The highest BCUT2D eigenvalue weighted by atomic mass is 35.5. The van der Waals surface area contributed by atoms with E-state index in [1.807, 2.05) is 24.3 Å². The second-order valence-corrected chi connectivity index (χ2v) is 3.95. The van der Waals surface area contributed by atoms with Gasteiger partial charge in [-0.25, -0.2) is 0 Å². The van der Waals surface area contributed by atoms with Gasteiger partial charge in [0.15, 0.2) is 5.90 Å². The average molecular weight is 225 g/mol. The van der Waals surface area contributed by atoms with Crippen molar-refractivity contribution in [3.05, 3.63) is 34.9 Å². The number of benzene rings is 1. The third-order valence-corrected chi connectivity index (χ3v) is 2.52. The molecule has 0 aliphatic carbocycles. The van der Waals surface area contributed by atoms with Crippen molar-refractivity contribution in [1.82, 2.24) is 0 Å². The molecule has 15 heavy (non-hydrogen) atoms. The van der Waals surface area contributed by atoms with Gasteiger partial charge in [-0.1, -0.05) is 23.7 Å². The summed E-state index contributed by atoms with van der Waals surface area (Å²) in [5, 5.41) is 0.737. The molecule has 1 atom stereocenters. The Bertz CT molecular complexity index is 379. The van der Waals surface area contributed by atoms with Crippen LogP contribution in [0.4, 0.5) is 0 Å². The van der Waals surface area contributed by atoms with Gasteiger partial charge in [-0.05, 0) is 17.7 Å². The van der Waals surface area contributed by atoms with Crippen LogP contribution >= 0.6 is 11.6 Å². The first-order chi connectivity index (χ1) is 7.28. The molecule has 0 saturated heterocycles. The maximum Gasteiger partial charge on any atom is 0.188 e. The van der Waals surface area contributed by atoms with E-state index in [2.05, 4.69) is 4.99 Å². The lowest BCUT2D eigenvalue weighted by Crippen LogP contribution is -2.24. The second-order valence-electron chi connectivity index (χ2n) is 3.52. The quantitative estimate of drug-likeness (QED) is 0.849. The van der Waals surface area contributed by atoms with E-state index in [0.29, 0.717) is 19.5 Å². The number of hydrogen-bond donors (Lipinski definition) is 1. The SMILES string of the molecule is NCC1CN=C(Cc2cccc(Cl)c2)O1. The third-order valence-electron chi connectivity index (χ3n) is 2.28. The van der Waals surface area contributed by atoms with E-state index in [4.69, 9.17) is 22.1 Å². The Labute approximate surface area is 93.9 Å². The van der Waals surface area contributed by atoms with Crippen LogP contribution in [0.5, 0.6) is 0 Å². The molecule has 1 aromatic carbocycles. The van der Waals surface area contributed by atoms with Crippen molar-refractivity contribution in [3.8, 4) is 0 Å². The zero-order valence-electron chi connectivity index (χ0n) is 8.32. The summed E-state index contributed by atoms with van der Waals surface area (Å²) < 4.78 is 5.54. The molecule has 0 bridgehead atoms. The fourth-order valence-corrected chi connectivity index (χ4v) is 1.73. The molecule has 0 fully saturated rings. The normalized spacial score (nSPS) is 19.9. The van der Waals surface area contributed by atoms with Crippen LogP contribution < -0.4 is 5.73 Å². The summed E-state index contributed by atoms with van der Waals surface area (Å²) in [6.45, 7) is 1.19. The molecule has 2 N–H and O–H groups in total. The molecular weight excluding hydrogens is 212 g/mol. The van der Waals surface area contributed by atoms with Crippen molar-refractivity contribution in [1.29, 1.82) is 0 Å². The molecule has 1 heterocycles. The van der Waals surface area contributed by atoms with Crippen LogP contribution in [0.3, 0.4) is 0 Å². The first-order valence-corrected chi connectivity index (χ1v) is 5.30. The molecule has 1 aromatic rings. The van der Waals surface area contributed by atoms with Crippen molar-refractivity contribution in [3.63, 3.8) is 0 Å². The molecule has 80 valence electrons. The topological polar surface area (TPSA) is 47.6 Å². The lowest BCUT2D eigenvalue weighted by Gasteiger charge is -2.08. The highest BCUT2D eigenvalue weighted by Crippen LogP contribution is 2.14. The molecule has 0 amide bonds. The van der Waals surface area contributed by atoms with Crippen LogP contribution in [0.2, 0.25) is 5.02 Å². The summed E-state index contributed by atoms with van der Waals surface area (Å²) in [6.07, 6.45) is 0.746. The van der Waals surface area contributed by atoms with Gasteiger partial charge in [-0.3, -0.25) is 4.99 Å². The Balaban J connectivity index is 1.98. The molecule has 4 heteroatoms. The minimum atomic E-state index is 0.0548. The van der Waals surface area contributed by atoms with Gasteiger partial charge in [0.25, 0.3) is 0 Å². The maximum absolute atomic E-state index is 5.89. The predicted octanol–water partition coefficient (Wildman–Crippen LogP) is 1.64. The Hall–Kier alpha value is -1.06. The Kier molecular flexibility index (Phi) is 3.23. The van der Waals surface area contributed by atoms with Crippen molar-refractivity contribution < 1.29 is 4.74 Å². The molecule has 0 radical (unpaired) electrons. The molecule has 2 rings (SSSR count). The van der Waals surface area contributed by atoms with Crippen LogP contribution in [0.25, 0.3) is 0 Å². The summed E-state index contributed by atoms with van der Waals surface area (Å²) in [4.78, 5) is 4.28. The second kappa shape index (κ2) is 4.64. The van der Waals surface area contributed by atoms with E-state index in [-0.39, 0.29) is 6.10 Å². The summed E-state index contributed by atoms with van der Waals surface area (Å²) in [6, 6.07) is 7.70. The van der Waals surface area contributed by atoms with E-state index in [1.165, 1.54) is 0 Å². The van der Waals surface area contributed by atoms with E-state index in [1.54, 1.807) is 0 Å². The molecule has 1 unspecified atom stereocenters. The fourth-order valence-electron chi connectivity index (χ4n) is 1.51. The van der Waals surface area contributed by atoms with Gasteiger partial charge < -0.3 is 10.5 Å². The molecular formula is C11H13ClN2O. The number of ether oxygens (including phenoxy) is 1. The maximum atomic E-state index is 5.89. The molecule has 0 spiro atoms. The van der Waals surface area contributed by atoms with Crippen LogP contribution in [0.15, 0.2) is 29.3 Å². The van der Waals surface area contributed by atoms with E-state index in [9.17, 15) is 0 Å². The summed E-state index contributed by atoms with van der Waals surface area (Å²) in [5.41, 5.74) is 6.60. The highest BCUT2D eigenvalue weighted by Gasteiger charge is 2.17. The van der Waals surface area contributed by atoms with Gasteiger partial charge in [0.05, 0.1) is 6.54 Å². The van der Waals surface area contributed by atoms with Crippen LogP contribution in [-0.4, -0.2) is 25.1 Å². The molecule has 1 aliphatic rings.